The molecule has 10 atom stereocenters. The molecule has 0 spiro atoms. The molecule has 3 saturated carbocycles. The molecule has 4 aliphatic carbocycles. The predicted molar refractivity (Wildman–Crippen MR) is 134 cm³/mol. The monoisotopic (exact) mass is 518 g/mol. The number of hydrogen-bond donors (Lipinski definition) is 5. The highest BCUT2D eigenvalue weighted by atomic mass is 16.6. The lowest BCUT2D eigenvalue weighted by atomic mass is 9.45. The molecule has 0 unspecified atom stereocenters. The maximum atomic E-state index is 13.4. The van der Waals surface area contributed by atoms with Crippen molar-refractivity contribution >= 4 is 11.8 Å². The molecule has 0 amide bonds. The highest BCUT2D eigenvalue weighted by Crippen LogP contribution is 2.68. The van der Waals surface area contributed by atoms with Gasteiger partial charge in [0, 0.05) is 23.8 Å². The number of esters is 1. The van der Waals surface area contributed by atoms with E-state index in [0.717, 1.165) is 0 Å². The summed E-state index contributed by atoms with van der Waals surface area (Å²) in [5, 5.41) is 55.6. The van der Waals surface area contributed by atoms with Crippen LogP contribution in [0.1, 0.15) is 79.6 Å². The van der Waals surface area contributed by atoms with Crippen molar-refractivity contribution in [2.24, 2.45) is 28.6 Å². The molecule has 5 N–H and O–H groups in total. The molecular formula is C29H42O8. The van der Waals surface area contributed by atoms with Crippen LogP contribution in [0.2, 0.25) is 0 Å². The highest BCUT2D eigenvalue weighted by molar-refractivity contribution is 5.95. The van der Waals surface area contributed by atoms with Gasteiger partial charge in [0.05, 0.1) is 23.4 Å². The van der Waals surface area contributed by atoms with Crippen LogP contribution in [0.25, 0.3) is 0 Å². The van der Waals surface area contributed by atoms with Crippen molar-refractivity contribution < 1.29 is 39.9 Å². The molecule has 0 aromatic carbocycles. The SMILES string of the molecule is CC(C)(O)C1=CC(=O)O[C@@H]([C@](C)(O)[C@H]2CC[C@@]3(O)C4=CC(=O)[C@@H]5C[C@@H](O)[C@@H](O)C[C@]5(C)[C@H]4CC[C@]23C)C1. The summed E-state index contributed by atoms with van der Waals surface area (Å²) in [4.78, 5) is 25.8. The van der Waals surface area contributed by atoms with E-state index in [1.807, 2.05) is 13.8 Å². The molecule has 37 heavy (non-hydrogen) atoms. The lowest BCUT2D eigenvalue weighted by Gasteiger charge is -2.60. The van der Waals surface area contributed by atoms with E-state index in [1.54, 1.807) is 26.8 Å². The number of ether oxygens (including phenoxy) is 1. The van der Waals surface area contributed by atoms with Crippen molar-refractivity contribution in [2.75, 3.05) is 0 Å². The topological polar surface area (TPSA) is 145 Å². The van der Waals surface area contributed by atoms with Gasteiger partial charge in [0.2, 0.25) is 0 Å². The summed E-state index contributed by atoms with van der Waals surface area (Å²) in [5.74, 6) is -1.66. The third-order valence-electron chi connectivity index (χ3n) is 11.2. The van der Waals surface area contributed by atoms with E-state index < -0.39 is 63.8 Å². The van der Waals surface area contributed by atoms with Crippen molar-refractivity contribution in [2.45, 2.75) is 115 Å². The number of cyclic esters (lactones) is 1. The second-order valence-electron chi connectivity index (χ2n) is 13.7. The van der Waals surface area contributed by atoms with Gasteiger partial charge in [-0.25, -0.2) is 4.79 Å². The minimum absolute atomic E-state index is 0.114. The molecule has 5 aliphatic rings. The number of allylic oxidation sites excluding steroid dienone is 1. The van der Waals surface area contributed by atoms with Crippen LogP contribution in [-0.2, 0) is 14.3 Å². The number of carbonyl (C=O) groups excluding carboxylic acids is 2. The Morgan fingerprint density at radius 3 is 2.30 bits per heavy atom. The molecule has 1 aliphatic heterocycles. The lowest BCUT2D eigenvalue weighted by Crippen LogP contribution is -2.63. The fourth-order valence-corrected chi connectivity index (χ4v) is 8.90. The van der Waals surface area contributed by atoms with Gasteiger partial charge in [0.25, 0.3) is 0 Å². The standard InChI is InChI=1S/C29H42O8/c1-25(2,34)15-10-23(37-24(33)11-15)28(5,35)22-7-9-29(36)17-12-19(30)18-13-20(31)21(32)14-26(18,3)16(17)6-8-27(22,29)4/h11-12,16,18,20-23,31-32,34-36H,6-10,13-14H2,1-5H3/t16-,18-,20+,21-,22-,23+,26+,27+,28+,29+/m0/s1. The fraction of sp³-hybridized carbons (Fsp3) is 0.793. The van der Waals surface area contributed by atoms with Crippen LogP contribution < -0.4 is 0 Å². The first-order valence-corrected chi connectivity index (χ1v) is 13.7. The van der Waals surface area contributed by atoms with E-state index in [2.05, 4.69) is 0 Å². The minimum Gasteiger partial charge on any atom is -0.456 e. The first-order chi connectivity index (χ1) is 16.9. The molecule has 0 aromatic heterocycles. The van der Waals surface area contributed by atoms with Gasteiger partial charge in [0.1, 0.15) is 11.7 Å². The third-order valence-corrected chi connectivity index (χ3v) is 11.2. The Morgan fingerprint density at radius 1 is 0.973 bits per heavy atom. The molecule has 0 aromatic rings. The summed E-state index contributed by atoms with van der Waals surface area (Å²) in [6, 6.07) is 0. The zero-order chi connectivity index (χ0) is 27.3. The van der Waals surface area contributed by atoms with Crippen LogP contribution in [-0.4, -0.2) is 72.4 Å². The number of aliphatic hydroxyl groups excluding tert-OH is 2. The largest absolute Gasteiger partial charge is 0.456 e. The summed E-state index contributed by atoms with van der Waals surface area (Å²) >= 11 is 0. The maximum absolute atomic E-state index is 13.4. The molecule has 8 nitrogen and oxygen atoms in total. The van der Waals surface area contributed by atoms with E-state index in [4.69, 9.17) is 4.74 Å². The minimum atomic E-state index is -1.48. The number of ketones is 1. The summed E-state index contributed by atoms with van der Waals surface area (Å²) in [6.07, 6.45) is 2.98. The molecule has 206 valence electrons. The van der Waals surface area contributed by atoms with Crippen molar-refractivity contribution in [3.63, 3.8) is 0 Å². The summed E-state index contributed by atoms with van der Waals surface area (Å²) < 4.78 is 5.60. The van der Waals surface area contributed by atoms with Gasteiger partial charge in [-0.15, -0.1) is 0 Å². The molecule has 8 heteroatoms. The Morgan fingerprint density at radius 2 is 1.65 bits per heavy atom. The predicted octanol–water partition coefficient (Wildman–Crippen LogP) is 1.95. The Labute approximate surface area is 218 Å². The Kier molecular flexibility index (Phi) is 5.99. The summed E-state index contributed by atoms with van der Waals surface area (Å²) in [6.45, 7) is 8.82. The van der Waals surface area contributed by atoms with Gasteiger partial charge in [-0.05, 0) is 93.8 Å². The maximum Gasteiger partial charge on any atom is 0.331 e. The van der Waals surface area contributed by atoms with E-state index in [1.165, 1.54) is 6.08 Å². The number of carbonyl (C=O) groups is 2. The average Bonchev–Trinajstić information content (AvgIpc) is 3.07. The smallest absolute Gasteiger partial charge is 0.331 e. The molecule has 5 rings (SSSR count). The molecule has 1 heterocycles. The van der Waals surface area contributed by atoms with Crippen molar-refractivity contribution in [3.8, 4) is 0 Å². The average molecular weight is 519 g/mol. The van der Waals surface area contributed by atoms with Gasteiger partial charge in [-0.2, -0.15) is 0 Å². The quantitative estimate of drug-likeness (QED) is 0.357. The normalized spacial score (nSPS) is 47.6. The molecule has 0 saturated heterocycles. The fourth-order valence-electron chi connectivity index (χ4n) is 8.90. The zero-order valence-corrected chi connectivity index (χ0v) is 22.5. The third kappa shape index (κ3) is 3.73. The Bertz CT molecular complexity index is 1070. The van der Waals surface area contributed by atoms with Crippen LogP contribution in [0.5, 0.6) is 0 Å². The first-order valence-electron chi connectivity index (χ1n) is 13.7. The summed E-state index contributed by atoms with van der Waals surface area (Å²) in [5.41, 5.74) is -4.21. The lowest BCUT2D eigenvalue weighted by molar-refractivity contribution is -0.191. The van der Waals surface area contributed by atoms with Crippen LogP contribution >= 0.6 is 0 Å². The van der Waals surface area contributed by atoms with Gasteiger partial charge >= 0.3 is 5.97 Å². The summed E-state index contributed by atoms with van der Waals surface area (Å²) in [7, 11) is 0. The van der Waals surface area contributed by atoms with Crippen molar-refractivity contribution in [3.05, 3.63) is 23.3 Å². The number of aliphatic hydroxyl groups is 5. The molecule has 0 radical (unpaired) electrons. The van der Waals surface area contributed by atoms with Crippen LogP contribution in [0, 0.1) is 28.6 Å². The van der Waals surface area contributed by atoms with Gasteiger partial charge in [0.15, 0.2) is 5.78 Å². The number of hydrogen-bond acceptors (Lipinski definition) is 8. The van der Waals surface area contributed by atoms with Crippen LogP contribution in [0.3, 0.4) is 0 Å². The van der Waals surface area contributed by atoms with Crippen molar-refractivity contribution in [1.82, 2.24) is 0 Å². The molecular weight excluding hydrogens is 476 g/mol. The highest BCUT2D eigenvalue weighted by Gasteiger charge is 2.69. The number of rotatable bonds is 3. The van der Waals surface area contributed by atoms with E-state index in [0.29, 0.717) is 43.3 Å². The van der Waals surface area contributed by atoms with Gasteiger partial charge < -0.3 is 30.3 Å². The van der Waals surface area contributed by atoms with Crippen LogP contribution in [0.4, 0.5) is 0 Å². The Balaban J connectivity index is 1.49. The van der Waals surface area contributed by atoms with E-state index in [9.17, 15) is 35.1 Å². The van der Waals surface area contributed by atoms with E-state index >= 15 is 0 Å². The van der Waals surface area contributed by atoms with E-state index in [-0.39, 0.29) is 24.5 Å². The van der Waals surface area contributed by atoms with Gasteiger partial charge in [-0.1, -0.05) is 13.8 Å². The van der Waals surface area contributed by atoms with Gasteiger partial charge in [-0.3, -0.25) is 4.79 Å². The second kappa shape index (κ2) is 8.21. The van der Waals surface area contributed by atoms with Crippen LogP contribution in [0.15, 0.2) is 23.3 Å². The second-order valence-corrected chi connectivity index (χ2v) is 13.7. The molecule has 0 bridgehead atoms. The van der Waals surface area contributed by atoms with Crippen molar-refractivity contribution in [1.29, 1.82) is 0 Å². The Hall–Kier alpha value is -1.58. The first kappa shape index (κ1) is 27.0. The molecule has 3 fully saturated rings. The number of fused-ring (bicyclic) bond motifs is 5. The zero-order valence-electron chi connectivity index (χ0n) is 22.5.